The van der Waals surface area contributed by atoms with Gasteiger partial charge < -0.3 is 58.4 Å². The van der Waals surface area contributed by atoms with Crippen molar-refractivity contribution >= 4 is 41.5 Å². The van der Waals surface area contributed by atoms with Crippen LogP contribution in [0.15, 0.2) is 12.5 Å². The summed E-state index contributed by atoms with van der Waals surface area (Å²) < 4.78 is 0. The standard InChI is InChI=1S/C30H51N9O10/c1-15(2)22(26(45)35-18(9-10-21(41)42)24(43)36-19(28(47)48)8-6-7-11-31)38-27(46)23(16(3)40)39-25(44)20(12-17-13-33-14-34-17)37-29(49)30(4,5)32/h13-16,18-20,22-23,40H,6-12,31-32H2,1-5H3,(H,33,34)(H,35,45)(H,36,43)(H,37,49)(H,38,46)(H,39,44)(H,41,42)(H,47,48)/t16-,18+,19+,20+,22+,23+/m1/s1. The molecule has 0 spiro atoms. The smallest absolute Gasteiger partial charge is 0.326 e. The molecule has 0 bridgehead atoms. The lowest BCUT2D eigenvalue weighted by Gasteiger charge is -2.29. The second kappa shape index (κ2) is 20.0. The number of carboxylic acid groups (broad SMARTS) is 2. The maximum Gasteiger partial charge on any atom is 0.326 e. The molecule has 6 atom stereocenters. The molecule has 0 unspecified atom stereocenters. The number of nitrogens with zero attached hydrogens (tertiary/aromatic N) is 1. The fourth-order valence-electron chi connectivity index (χ4n) is 4.42. The number of nitrogens with two attached hydrogens (primary N) is 2. The zero-order valence-corrected chi connectivity index (χ0v) is 28.4. The van der Waals surface area contributed by atoms with E-state index in [1.54, 1.807) is 13.8 Å². The van der Waals surface area contributed by atoms with Gasteiger partial charge in [-0.05, 0) is 58.9 Å². The summed E-state index contributed by atoms with van der Waals surface area (Å²) >= 11 is 0. The van der Waals surface area contributed by atoms with Crippen molar-refractivity contribution in [3.63, 3.8) is 0 Å². The summed E-state index contributed by atoms with van der Waals surface area (Å²) in [6, 6.07) is -7.05. The molecule has 0 aliphatic carbocycles. The molecule has 1 aromatic rings. The van der Waals surface area contributed by atoms with E-state index in [1.165, 1.54) is 33.3 Å². The van der Waals surface area contributed by atoms with Crippen molar-refractivity contribution in [3.05, 3.63) is 18.2 Å². The van der Waals surface area contributed by atoms with Crippen LogP contribution in [0.1, 0.15) is 72.4 Å². The van der Waals surface area contributed by atoms with E-state index in [-0.39, 0.29) is 12.8 Å². The number of nitrogens with one attached hydrogen (secondary N) is 6. The van der Waals surface area contributed by atoms with E-state index in [0.29, 0.717) is 25.1 Å². The molecule has 0 saturated carbocycles. The van der Waals surface area contributed by atoms with Crippen LogP contribution in [0.4, 0.5) is 0 Å². The zero-order valence-electron chi connectivity index (χ0n) is 28.4. The average molecular weight is 698 g/mol. The Balaban J connectivity index is 3.18. The minimum Gasteiger partial charge on any atom is -0.481 e. The summed E-state index contributed by atoms with van der Waals surface area (Å²) in [6.07, 6.45) is 1.28. The summed E-state index contributed by atoms with van der Waals surface area (Å²) in [5.41, 5.74) is 10.4. The van der Waals surface area contributed by atoms with Crippen LogP contribution in [0.5, 0.6) is 0 Å². The number of hydrogen-bond acceptors (Lipinski definition) is 11. The van der Waals surface area contributed by atoms with Crippen molar-refractivity contribution in [2.45, 2.75) is 115 Å². The molecule has 0 aliphatic heterocycles. The quantitative estimate of drug-likeness (QED) is 0.0547. The van der Waals surface area contributed by atoms with Crippen molar-refractivity contribution < 1.29 is 48.9 Å². The first kappa shape index (κ1) is 42.4. The molecule has 1 rings (SSSR count). The Bertz CT molecular complexity index is 1280. The van der Waals surface area contributed by atoms with Gasteiger partial charge in [0.05, 0.1) is 23.7 Å². The maximum atomic E-state index is 13.4. The van der Waals surface area contributed by atoms with Gasteiger partial charge >= 0.3 is 11.9 Å². The third-order valence-corrected chi connectivity index (χ3v) is 7.33. The number of hydrogen-bond donors (Lipinski definition) is 11. The fourth-order valence-corrected chi connectivity index (χ4v) is 4.42. The highest BCUT2D eigenvalue weighted by atomic mass is 16.4. The second-order valence-electron chi connectivity index (χ2n) is 12.6. The highest BCUT2D eigenvalue weighted by Crippen LogP contribution is 2.09. The van der Waals surface area contributed by atoms with Gasteiger partial charge in [0.2, 0.25) is 29.5 Å². The van der Waals surface area contributed by atoms with Crippen molar-refractivity contribution in [1.29, 1.82) is 0 Å². The van der Waals surface area contributed by atoms with E-state index in [2.05, 4.69) is 36.6 Å². The number of carbonyl (C=O) groups excluding carboxylic acids is 5. The van der Waals surface area contributed by atoms with Gasteiger partial charge in [-0.15, -0.1) is 0 Å². The third kappa shape index (κ3) is 15.0. The van der Waals surface area contributed by atoms with E-state index in [1.807, 2.05) is 0 Å². The Morgan fingerprint density at radius 1 is 0.816 bits per heavy atom. The number of aromatic nitrogens is 2. The molecule has 5 amide bonds. The first-order valence-corrected chi connectivity index (χ1v) is 15.9. The number of rotatable bonds is 22. The third-order valence-electron chi connectivity index (χ3n) is 7.33. The molecule has 13 N–H and O–H groups in total. The lowest BCUT2D eigenvalue weighted by atomic mass is 10.0. The predicted octanol–water partition coefficient (Wildman–Crippen LogP) is -2.77. The van der Waals surface area contributed by atoms with Gasteiger partial charge in [-0.1, -0.05) is 13.8 Å². The topological polar surface area (TPSA) is 321 Å². The molecule has 19 heteroatoms. The fraction of sp³-hybridized carbons (Fsp3) is 0.667. The zero-order chi connectivity index (χ0) is 37.5. The highest BCUT2D eigenvalue weighted by Gasteiger charge is 2.36. The largest absolute Gasteiger partial charge is 0.481 e. The molecule has 0 saturated heterocycles. The molecular formula is C30H51N9O10. The number of imidazole rings is 1. The summed E-state index contributed by atoms with van der Waals surface area (Å²) in [5.74, 6) is -7.60. The van der Waals surface area contributed by atoms with Crippen LogP contribution in [0.2, 0.25) is 0 Å². The molecular weight excluding hydrogens is 646 g/mol. The molecule has 0 radical (unpaired) electrons. The highest BCUT2D eigenvalue weighted by molar-refractivity contribution is 5.97. The van der Waals surface area contributed by atoms with E-state index < -0.39 is 102 Å². The Kier molecular flexibility index (Phi) is 17.3. The number of H-pyrrole nitrogens is 1. The van der Waals surface area contributed by atoms with E-state index in [0.717, 1.165) is 0 Å². The Morgan fingerprint density at radius 3 is 1.88 bits per heavy atom. The Labute approximate surface area is 284 Å². The first-order valence-electron chi connectivity index (χ1n) is 15.9. The van der Waals surface area contributed by atoms with Crippen LogP contribution in [0.3, 0.4) is 0 Å². The van der Waals surface area contributed by atoms with Crippen molar-refractivity contribution in [1.82, 2.24) is 36.6 Å². The van der Waals surface area contributed by atoms with Crippen LogP contribution in [0, 0.1) is 5.92 Å². The average Bonchev–Trinajstić information content (AvgIpc) is 3.51. The number of amides is 5. The van der Waals surface area contributed by atoms with E-state index in [4.69, 9.17) is 11.5 Å². The maximum absolute atomic E-state index is 13.4. The van der Waals surface area contributed by atoms with Crippen molar-refractivity contribution in [2.75, 3.05) is 6.54 Å². The van der Waals surface area contributed by atoms with Crippen LogP contribution in [0.25, 0.3) is 0 Å². The lowest BCUT2D eigenvalue weighted by Crippen LogP contribution is -2.62. The number of aliphatic hydroxyl groups excluding tert-OH is 1. The molecule has 0 aromatic carbocycles. The second-order valence-corrected chi connectivity index (χ2v) is 12.6. The Morgan fingerprint density at radius 2 is 1.39 bits per heavy atom. The number of carboxylic acids is 2. The summed E-state index contributed by atoms with van der Waals surface area (Å²) in [7, 11) is 0. The van der Waals surface area contributed by atoms with Gasteiger partial charge in [0.1, 0.15) is 30.2 Å². The van der Waals surface area contributed by atoms with Gasteiger partial charge in [0, 0.05) is 19.0 Å². The van der Waals surface area contributed by atoms with Crippen LogP contribution in [-0.2, 0) is 40.0 Å². The Hall–Kier alpha value is -4.62. The van der Waals surface area contributed by atoms with Crippen LogP contribution >= 0.6 is 0 Å². The monoisotopic (exact) mass is 697 g/mol. The molecule has 1 aromatic heterocycles. The summed E-state index contributed by atoms with van der Waals surface area (Å²) in [5, 5.41) is 41.3. The normalized spacial score (nSPS) is 15.1. The molecule has 19 nitrogen and oxygen atoms in total. The molecule has 49 heavy (non-hydrogen) atoms. The number of aromatic amines is 1. The molecule has 0 aliphatic rings. The molecule has 1 heterocycles. The van der Waals surface area contributed by atoms with Gasteiger partial charge in [-0.2, -0.15) is 0 Å². The van der Waals surface area contributed by atoms with Gasteiger partial charge in [0.25, 0.3) is 0 Å². The minimum absolute atomic E-state index is 0.0468. The molecule has 0 fully saturated rings. The number of aliphatic carboxylic acids is 2. The van der Waals surface area contributed by atoms with Crippen LogP contribution < -0.4 is 38.1 Å². The van der Waals surface area contributed by atoms with E-state index >= 15 is 0 Å². The number of unbranched alkanes of at least 4 members (excludes halogenated alkanes) is 1. The van der Waals surface area contributed by atoms with E-state index in [9.17, 15) is 48.9 Å². The van der Waals surface area contributed by atoms with Crippen molar-refractivity contribution in [3.8, 4) is 0 Å². The summed E-state index contributed by atoms with van der Waals surface area (Å²) in [6.45, 7) is 7.52. The summed E-state index contributed by atoms with van der Waals surface area (Å²) in [4.78, 5) is 95.7. The first-order chi connectivity index (χ1) is 22.8. The van der Waals surface area contributed by atoms with Crippen LogP contribution in [-0.4, -0.2) is 115 Å². The predicted molar refractivity (Wildman–Crippen MR) is 174 cm³/mol. The number of aliphatic hydroxyl groups is 1. The SMILES string of the molecule is CC(C)[C@H](NC(=O)[C@@H](NC(=O)[C@H](Cc1c[nH]cn1)NC(=O)C(C)(C)N)[C@@H](C)O)C(=O)N[C@@H](CCC(=O)O)C(=O)N[C@@H](CCCCN)C(=O)O. The van der Waals surface area contributed by atoms with Crippen molar-refractivity contribution in [2.24, 2.45) is 17.4 Å². The lowest BCUT2D eigenvalue weighted by molar-refractivity contribution is -0.143. The molecule has 276 valence electrons. The van der Waals surface area contributed by atoms with Gasteiger partial charge in [-0.25, -0.2) is 9.78 Å². The van der Waals surface area contributed by atoms with Gasteiger partial charge in [-0.3, -0.25) is 28.8 Å². The van der Waals surface area contributed by atoms with Gasteiger partial charge in [0.15, 0.2) is 0 Å². The number of carbonyl (C=O) groups is 7. The minimum atomic E-state index is -1.62.